The number of amides is 2. The van der Waals surface area contributed by atoms with E-state index in [0.717, 1.165) is 23.4 Å². The number of fused-ring (bicyclic) bond motifs is 1. The minimum Gasteiger partial charge on any atom is -0.497 e. The first-order chi connectivity index (χ1) is 14.9. The molecule has 2 amide bonds. The predicted octanol–water partition coefficient (Wildman–Crippen LogP) is 2.67. The van der Waals surface area contributed by atoms with Crippen molar-refractivity contribution in [3.8, 4) is 11.5 Å². The topological polar surface area (TPSA) is 106 Å². The molecular formula is C22H30N4O5. The van der Waals surface area contributed by atoms with E-state index in [1.807, 2.05) is 26.0 Å². The second-order valence-electron chi connectivity index (χ2n) is 7.56. The Hall–Kier alpha value is -3.23. The van der Waals surface area contributed by atoms with Gasteiger partial charge in [-0.3, -0.25) is 0 Å². The molecular weight excluding hydrogens is 400 g/mol. The maximum atomic E-state index is 13.4. The number of ether oxygens (including phenoxy) is 3. The Morgan fingerprint density at radius 3 is 2.71 bits per heavy atom. The third kappa shape index (κ3) is 4.45. The molecule has 1 unspecified atom stereocenters. The molecule has 31 heavy (non-hydrogen) atoms. The van der Waals surface area contributed by atoms with E-state index < -0.39 is 18.1 Å². The highest BCUT2D eigenvalue weighted by molar-refractivity contribution is 5.84. The van der Waals surface area contributed by atoms with Gasteiger partial charge in [-0.05, 0) is 24.1 Å². The molecule has 0 spiro atoms. The van der Waals surface area contributed by atoms with Crippen LogP contribution in [0.4, 0.5) is 4.79 Å². The highest BCUT2D eigenvalue weighted by Gasteiger charge is 2.38. The van der Waals surface area contributed by atoms with E-state index in [2.05, 4.69) is 15.3 Å². The van der Waals surface area contributed by atoms with Crippen LogP contribution in [-0.4, -0.2) is 60.8 Å². The Morgan fingerprint density at radius 1 is 1.29 bits per heavy atom. The lowest BCUT2D eigenvalue weighted by Crippen LogP contribution is -2.53. The Kier molecular flexibility index (Phi) is 7.04. The summed E-state index contributed by atoms with van der Waals surface area (Å²) in [5.74, 6) is 0.722. The van der Waals surface area contributed by atoms with Gasteiger partial charge in [0, 0.05) is 24.2 Å². The summed E-state index contributed by atoms with van der Waals surface area (Å²) < 4.78 is 15.9. The van der Waals surface area contributed by atoms with Crippen LogP contribution >= 0.6 is 0 Å². The molecule has 0 aliphatic carbocycles. The van der Waals surface area contributed by atoms with Gasteiger partial charge in [-0.1, -0.05) is 20.3 Å². The standard InChI is InChI=1S/C22H30N4O5/c1-6-13(2)18(21(27)31-5)25-22(28)26-10-9-16-19(24-12-23-16)20(26)15-11-14(29-3)7-8-17(15)30-4/h7-8,11-13,18,20H,6,9-10H2,1-5H3,(H,23,24)(H,25,28)/t13-,18+,20?/m1/s1. The van der Waals surface area contributed by atoms with Crippen LogP contribution in [0.1, 0.15) is 43.3 Å². The fourth-order valence-electron chi connectivity index (χ4n) is 3.88. The van der Waals surface area contributed by atoms with Crippen molar-refractivity contribution in [2.45, 2.75) is 38.8 Å². The second kappa shape index (κ2) is 9.72. The van der Waals surface area contributed by atoms with E-state index in [1.165, 1.54) is 7.11 Å². The van der Waals surface area contributed by atoms with Gasteiger partial charge in [0.15, 0.2) is 0 Å². The smallest absolute Gasteiger partial charge is 0.328 e. The fourth-order valence-corrected chi connectivity index (χ4v) is 3.88. The minimum atomic E-state index is -0.740. The lowest BCUT2D eigenvalue weighted by molar-refractivity contribution is -0.144. The molecule has 9 nitrogen and oxygen atoms in total. The minimum absolute atomic E-state index is 0.0769. The Morgan fingerprint density at radius 2 is 2.06 bits per heavy atom. The van der Waals surface area contributed by atoms with E-state index >= 15 is 0 Å². The molecule has 9 heteroatoms. The summed E-state index contributed by atoms with van der Waals surface area (Å²) >= 11 is 0. The van der Waals surface area contributed by atoms with Gasteiger partial charge in [-0.15, -0.1) is 0 Å². The molecule has 1 aliphatic heterocycles. The molecule has 2 heterocycles. The van der Waals surface area contributed by atoms with Gasteiger partial charge in [0.1, 0.15) is 23.6 Å². The number of hydrogen-bond acceptors (Lipinski definition) is 6. The van der Waals surface area contributed by atoms with Crippen LogP contribution in [0.2, 0.25) is 0 Å². The number of aromatic nitrogens is 2. The summed E-state index contributed by atoms with van der Waals surface area (Å²) in [4.78, 5) is 35.1. The molecule has 2 aromatic rings. The third-order valence-electron chi connectivity index (χ3n) is 5.86. The Bertz CT molecular complexity index is 928. The van der Waals surface area contributed by atoms with Gasteiger partial charge in [-0.25, -0.2) is 14.6 Å². The SMILES string of the molecule is CC[C@@H](C)[C@H](NC(=O)N1CCc2[nH]cnc2C1c1cc(OC)ccc1OC)C(=O)OC. The average molecular weight is 431 g/mol. The van der Waals surface area contributed by atoms with Crippen molar-refractivity contribution in [3.63, 3.8) is 0 Å². The van der Waals surface area contributed by atoms with E-state index in [9.17, 15) is 9.59 Å². The highest BCUT2D eigenvalue weighted by atomic mass is 16.5. The molecule has 0 saturated carbocycles. The summed E-state index contributed by atoms with van der Waals surface area (Å²) in [6.45, 7) is 4.32. The molecule has 1 aromatic carbocycles. The second-order valence-corrected chi connectivity index (χ2v) is 7.56. The van der Waals surface area contributed by atoms with Crippen molar-refractivity contribution in [1.82, 2.24) is 20.2 Å². The molecule has 0 radical (unpaired) electrons. The van der Waals surface area contributed by atoms with Crippen molar-refractivity contribution in [3.05, 3.63) is 41.5 Å². The van der Waals surface area contributed by atoms with Gasteiger partial charge >= 0.3 is 12.0 Å². The van der Waals surface area contributed by atoms with Crippen molar-refractivity contribution in [1.29, 1.82) is 0 Å². The number of carbonyl (C=O) groups excluding carboxylic acids is 2. The number of urea groups is 1. The predicted molar refractivity (Wildman–Crippen MR) is 114 cm³/mol. The van der Waals surface area contributed by atoms with Gasteiger partial charge in [0.05, 0.1) is 33.4 Å². The molecule has 0 saturated heterocycles. The molecule has 1 aliphatic rings. The van der Waals surface area contributed by atoms with Gasteiger partial charge in [-0.2, -0.15) is 0 Å². The first kappa shape index (κ1) is 22.5. The maximum Gasteiger partial charge on any atom is 0.328 e. The lowest BCUT2D eigenvalue weighted by Gasteiger charge is -2.37. The number of aromatic amines is 1. The highest BCUT2D eigenvalue weighted by Crippen LogP contribution is 2.39. The zero-order chi connectivity index (χ0) is 22.5. The summed E-state index contributed by atoms with van der Waals surface area (Å²) in [6, 6.07) is 3.85. The van der Waals surface area contributed by atoms with Crippen LogP contribution < -0.4 is 14.8 Å². The van der Waals surface area contributed by atoms with Crippen molar-refractivity contribution in [2.75, 3.05) is 27.9 Å². The number of nitrogens with zero attached hydrogens (tertiary/aromatic N) is 2. The summed E-state index contributed by atoms with van der Waals surface area (Å²) in [5, 5.41) is 2.88. The zero-order valence-corrected chi connectivity index (χ0v) is 18.6. The molecule has 1 aromatic heterocycles. The lowest BCUT2D eigenvalue weighted by atomic mass is 9.94. The first-order valence-corrected chi connectivity index (χ1v) is 10.3. The van der Waals surface area contributed by atoms with Crippen LogP contribution in [0.25, 0.3) is 0 Å². The number of rotatable bonds is 7. The number of imidazole rings is 1. The summed E-state index contributed by atoms with van der Waals surface area (Å²) in [6.07, 6.45) is 2.97. The summed E-state index contributed by atoms with van der Waals surface area (Å²) in [5.41, 5.74) is 2.46. The monoisotopic (exact) mass is 430 g/mol. The molecule has 168 valence electrons. The molecule has 2 N–H and O–H groups in total. The van der Waals surface area contributed by atoms with E-state index in [1.54, 1.807) is 31.5 Å². The number of carbonyl (C=O) groups is 2. The van der Waals surface area contributed by atoms with E-state index in [0.29, 0.717) is 24.5 Å². The fraction of sp³-hybridized carbons (Fsp3) is 0.500. The third-order valence-corrected chi connectivity index (χ3v) is 5.86. The number of esters is 1. The van der Waals surface area contributed by atoms with Crippen molar-refractivity contribution < 1.29 is 23.8 Å². The zero-order valence-electron chi connectivity index (χ0n) is 18.6. The molecule has 3 atom stereocenters. The van der Waals surface area contributed by atoms with Crippen LogP contribution in [0.5, 0.6) is 11.5 Å². The van der Waals surface area contributed by atoms with E-state index in [4.69, 9.17) is 14.2 Å². The van der Waals surface area contributed by atoms with Gasteiger partial charge in [0.25, 0.3) is 0 Å². The van der Waals surface area contributed by atoms with E-state index in [-0.39, 0.29) is 11.9 Å². The van der Waals surface area contributed by atoms with Gasteiger partial charge in [0.2, 0.25) is 0 Å². The maximum absolute atomic E-state index is 13.4. The summed E-state index contributed by atoms with van der Waals surface area (Å²) in [7, 11) is 4.49. The molecule has 0 fully saturated rings. The largest absolute Gasteiger partial charge is 0.497 e. The normalized spacial score (nSPS) is 17.3. The number of hydrogen-bond donors (Lipinski definition) is 2. The Balaban J connectivity index is 2.01. The van der Waals surface area contributed by atoms with Crippen molar-refractivity contribution in [2.24, 2.45) is 5.92 Å². The van der Waals surface area contributed by atoms with Crippen LogP contribution in [0.15, 0.2) is 24.5 Å². The molecule has 0 bridgehead atoms. The average Bonchev–Trinajstić information content (AvgIpc) is 3.29. The van der Waals surface area contributed by atoms with Gasteiger partial charge < -0.3 is 29.4 Å². The van der Waals surface area contributed by atoms with Crippen molar-refractivity contribution >= 4 is 12.0 Å². The molecule has 3 rings (SSSR count). The van der Waals surface area contributed by atoms with Crippen LogP contribution in [0, 0.1) is 5.92 Å². The van der Waals surface area contributed by atoms with Crippen LogP contribution in [-0.2, 0) is 16.0 Å². The number of H-pyrrole nitrogens is 1. The number of benzene rings is 1. The van der Waals surface area contributed by atoms with Crippen LogP contribution in [0.3, 0.4) is 0 Å². The Labute approximate surface area is 182 Å². The number of nitrogens with one attached hydrogen (secondary N) is 2. The number of methoxy groups -OCH3 is 3. The first-order valence-electron chi connectivity index (χ1n) is 10.3. The quantitative estimate of drug-likeness (QED) is 0.654.